The number of amides is 2. The van der Waals surface area contributed by atoms with Crippen LogP contribution >= 0.6 is 11.6 Å². The number of aromatic nitrogens is 2. The van der Waals surface area contributed by atoms with Gasteiger partial charge in [0.1, 0.15) is 6.54 Å². The normalized spacial score (nSPS) is 16.5. The fourth-order valence-electron chi connectivity index (χ4n) is 5.40. The summed E-state index contributed by atoms with van der Waals surface area (Å²) in [6.07, 6.45) is 3.36. The summed E-state index contributed by atoms with van der Waals surface area (Å²) >= 11 is 6.48. The summed E-state index contributed by atoms with van der Waals surface area (Å²) in [5, 5.41) is 6.86. The van der Waals surface area contributed by atoms with Crippen molar-refractivity contribution < 1.29 is 14.3 Å². The summed E-state index contributed by atoms with van der Waals surface area (Å²) in [6.45, 7) is 10.2. The van der Waals surface area contributed by atoms with Crippen molar-refractivity contribution in [3.63, 3.8) is 0 Å². The molecule has 2 amide bonds. The SMILES string of the molecule is CC(NC(=O)CN1Cc2ccc(-c3nc(NC4CCOCC4)ncc3Cl)cc2C1=O)c1ccccc1C(C)(C)C. The Hall–Kier alpha value is -3.49. The van der Waals surface area contributed by atoms with Crippen LogP contribution in [0.15, 0.2) is 48.7 Å². The molecule has 210 valence electrons. The number of rotatable bonds is 7. The summed E-state index contributed by atoms with van der Waals surface area (Å²) < 4.78 is 5.43. The maximum absolute atomic E-state index is 13.3. The number of carbonyl (C=O) groups excluding carboxylic acids is 2. The van der Waals surface area contributed by atoms with E-state index in [-0.39, 0.29) is 35.9 Å². The first-order valence-corrected chi connectivity index (χ1v) is 14.2. The maximum atomic E-state index is 13.3. The number of anilines is 1. The molecular weight excluding hydrogens is 526 g/mol. The molecule has 3 heterocycles. The van der Waals surface area contributed by atoms with E-state index in [0.29, 0.717) is 42.0 Å². The van der Waals surface area contributed by atoms with Gasteiger partial charge < -0.3 is 20.3 Å². The van der Waals surface area contributed by atoms with Crippen LogP contribution in [0, 0.1) is 0 Å². The van der Waals surface area contributed by atoms with Gasteiger partial charge in [0.25, 0.3) is 5.91 Å². The van der Waals surface area contributed by atoms with Crippen LogP contribution in [0.25, 0.3) is 11.3 Å². The zero-order chi connectivity index (χ0) is 28.4. The lowest BCUT2D eigenvalue weighted by Crippen LogP contribution is -2.38. The average molecular weight is 562 g/mol. The van der Waals surface area contributed by atoms with E-state index in [4.69, 9.17) is 16.3 Å². The van der Waals surface area contributed by atoms with Crippen LogP contribution in [-0.4, -0.2) is 52.5 Å². The largest absolute Gasteiger partial charge is 0.381 e. The molecule has 2 N–H and O–H groups in total. The highest BCUT2D eigenvalue weighted by atomic mass is 35.5. The molecule has 2 aliphatic heterocycles. The van der Waals surface area contributed by atoms with Gasteiger partial charge in [-0.15, -0.1) is 0 Å². The monoisotopic (exact) mass is 561 g/mol. The lowest BCUT2D eigenvalue weighted by molar-refractivity contribution is -0.122. The van der Waals surface area contributed by atoms with Crippen LogP contribution in [0.4, 0.5) is 5.95 Å². The Morgan fingerprint density at radius 1 is 1.18 bits per heavy atom. The minimum absolute atomic E-state index is 0.0156. The Bertz CT molecular complexity index is 1410. The first-order chi connectivity index (χ1) is 19.1. The molecule has 1 aromatic heterocycles. The van der Waals surface area contributed by atoms with Crippen molar-refractivity contribution in [1.82, 2.24) is 20.2 Å². The minimum atomic E-state index is -0.194. The summed E-state index contributed by atoms with van der Waals surface area (Å²) in [6, 6.07) is 13.8. The van der Waals surface area contributed by atoms with E-state index in [9.17, 15) is 9.59 Å². The Kier molecular flexibility index (Phi) is 8.10. The highest BCUT2D eigenvalue weighted by molar-refractivity contribution is 6.33. The number of nitrogens with zero attached hydrogens (tertiary/aromatic N) is 3. The molecule has 1 atom stereocenters. The quantitative estimate of drug-likeness (QED) is 0.394. The molecule has 0 aliphatic carbocycles. The molecule has 0 spiro atoms. The topological polar surface area (TPSA) is 96.5 Å². The molecule has 5 rings (SSSR count). The van der Waals surface area contributed by atoms with Gasteiger partial charge in [0.15, 0.2) is 0 Å². The van der Waals surface area contributed by atoms with Crippen LogP contribution in [-0.2, 0) is 21.5 Å². The van der Waals surface area contributed by atoms with Crippen molar-refractivity contribution in [2.45, 2.75) is 64.6 Å². The highest BCUT2D eigenvalue weighted by Crippen LogP contribution is 2.32. The van der Waals surface area contributed by atoms with Gasteiger partial charge in [0.2, 0.25) is 11.9 Å². The molecule has 0 saturated carbocycles. The number of fused-ring (bicyclic) bond motifs is 1. The third-order valence-corrected chi connectivity index (χ3v) is 7.78. The predicted molar refractivity (Wildman–Crippen MR) is 156 cm³/mol. The molecule has 1 unspecified atom stereocenters. The van der Waals surface area contributed by atoms with Gasteiger partial charge in [-0.2, -0.15) is 0 Å². The molecule has 3 aromatic rings. The second-order valence-corrected chi connectivity index (χ2v) is 12.0. The van der Waals surface area contributed by atoms with Gasteiger partial charge in [-0.3, -0.25) is 9.59 Å². The molecule has 2 aromatic carbocycles. The van der Waals surface area contributed by atoms with E-state index in [0.717, 1.165) is 29.5 Å². The number of hydrogen-bond donors (Lipinski definition) is 2. The van der Waals surface area contributed by atoms with Crippen molar-refractivity contribution >= 4 is 29.4 Å². The second-order valence-electron chi connectivity index (χ2n) is 11.6. The van der Waals surface area contributed by atoms with Crippen LogP contribution in [0.3, 0.4) is 0 Å². The fourth-order valence-corrected chi connectivity index (χ4v) is 5.60. The summed E-state index contributed by atoms with van der Waals surface area (Å²) in [4.78, 5) is 36.9. The van der Waals surface area contributed by atoms with E-state index >= 15 is 0 Å². The Labute approximate surface area is 240 Å². The van der Waals surface area contributed by atoms with E-state index in [2.05, 4.69) is 47.4 Å². The van der Waals surface area contributed by atoms with Crippen molar-refractivity contribution in [3.8, 4) is 11.3 Å². The number of ether oxygens (including phenoxy) is 1. The molecule has 0 bridgehead atoms. The fraction of sp³-hybridized carbons (Fsp3) is 0.419. The number of hydrogen-bond acceptors (Lipinski definition) is 6. The standard InChI is InChI=1S/C31H36ClN5O3/c1-19(23-7-5-6-8-25(23)31(2,3)4)34-27(38)18-37-17-21-10-9-20(15-24(21)29(37)39)28-26(32)16-33-30(36-28)35-22-11-13-40-14-12-22/h5-10,15-16,19,22H,11-14,17-18H2,1-4H3,(H,34,38)(H,33,35,36). The van der Waals surface area contributed by atoms with E-state index in [1.54, 1.807) is 11.1 Å². The number of nitrogens with one attached hydrogen (secondary N) is 2. The molecule has 40 heavy (non-hydrogen) atoms. The Balaban J connectivity index is 1.27. The van der Waals surface area contributed by atoms with Gasteiger partial charge in [-0.05, 0) is 47.9 Å². The Morgan fingerprint density at radius 2 is 1.93 bits per heavy atom. The van der Waals surface area contributed by atoms with Gasteiger partial charge in [0.05, 0.1) is 23.0 Å². The number of carbonyl (C=O) groups is 2. The van der Waals surface area contributed by atoms with Gasteiger partial charge in [-0.25, -0.2) is 9.97 Å². The first kappa shape index (κ1) is 28.1. The maximum Gasteiger partial charge on any atom is 0.254 e. The summed E-state index contributed by atoms with van der Waals surface area (Å²) in [5.74, 6) is 0.124. The minimum Gasteiger partial charge on any atom is -0.381 e. The zero-order valence-corrected chi connectivity index (χ0v) is 24.2. The van der Waals surface area contributed by atoms with Crippen molar-refractivity contribution in [3.05, 3.63) is 75.9 Å². The molecule has 0 radical (unpaired) electrons. The lowest BCUT2D eigenvalue weighted by Gasteiger charge is -2.27. The van der Waals surface area contributed by atoms with Gasteiger partial charge >= 0.3 is 0 Å². The summed E-state index contributed by atoms with van der Waals surface area (Å²) in [7, 11) is 0. The molecule has 9 heteroatoms. The predicted octanol–water partition coefficient (Wildman–Crippen LogP) is 5.52. The lowest BCUT2D eigenvalue weighted by atomic mass is 9.82. The second kappa shape index (κ2) is 11.6. The van der Waals surface area contributed by atoms with Crippen LogP contribution < -0.4 is 10.6 Å². The number of benzene rings is 2. The molecule has 2 aliphatic rings. The third kappa shape index (κ3) is 6.13. The van der Waals surface area contributed by atoms with Crippen LogP contribution in [0.1, 0.15) is 73.6 Å². The molecule has 8 nitrogen and oxygen atoms in total. The molecular formula is C31H36ClN5O3. The van der Waals surface area contributed by atoms with Crippen LogP contribution in [0.2, 0.25) is 5.02 Å². The molecule has 1 saturated heterocycles. The van der Waals surface area contributed by atoms with Crippen molar-refractivity contribution in [1.29, 1.82) is 0 Å². The molecule has 1 fully saturated rings. The smallest absolute Gasteiger partial charge is 0.254 e. The first-order valence-electron chi connectivity index (χ1n) is 13.8. The average Bonchev–Trinajstić information content (AvgIpc) is 3.23. The van der Waals surface area contributed by atoms with Crippen molar-refractivity contribution in [2.24, 2.45) is 0 Å². The third-order valence-electron chi connectivity index (χ3n) is 7.51. The Morgan fingerprint density at radius 3 is 2.67 bits per heavy atom. The summed E-state index contributed by atoms with van der Waals surface area (Å²) in [5.41, 5.74) is 4.95. The van der Waals surface area contributed by atoms with Crippen molar-refractivity contribution in [2.75, 3.05) is 25.1 Å². The zero-order valence-electron chi connectivity index (χ0n) is 23.5. The highest BCUT2D eigenvalue weighted by Gasteiger charge is 2.30. The van der Waals surface area contributed by atoms with E-state index < -0.39 is 0 Å². The van der Waals surface area contributed by atoms with Gasteiger partial charge in [0, 0.05) is 36.9 Å². The van der Waals surface area contributed by atoms with E-state index in [1.165, 1.54) is 5.56 Å². The van der Waals surface area contributed by atoms with Gasteiger partial charge in [-0.1, -0.05) is 68.8 Å². The number of halogens is 1. The van der Waals surface area contributed by atoms with E-state index in [1.807, 2.05) is 43.3 Å². The van der Waals surface area contributed by atoms with Crippen LogP contribution in [0.5, 0.6) is 0 Å².